The van der Waals surface area contributed by atoms with Gasteiger partial charge in [0.25, 0.3) is 5.91 Å². The molecular weight excluding hydrogens is 296 g/mol. The van der Waals surface area contributed by atoms with Gasteiger partial charge in [0.15, 0.2) is 0 Å². The molecule has 0 aliphatic carbocycles. The Balaban J connectivity index is 2.18. The number of aryl methyl sites for hydroxylation is 1. The van der Waals surface area contributed by atoms with Crippen molar-refractivity contribution in [1.29, 1.82) is 0 Å². The van der Waals surface area contributed by atoms with Gasteiger partial charge in [-0.25, -0.2) is 4.98 Å². The number of aromatic nitrogens is 2. The minimum absolute atomic E-state index is 0.190. The third kappa shape index (κ3) is 2.84. The lowest BCUT2D eigenvalue weighted by molar-refractivity contribution is 0.102. The molecule has 0 aliphatic rings. The Morgan fingerprint density at radius 1 is 1.39 bits per heavy atom. The largest absolute Gasteiger partial charge is 0.382 e. The van der Waals surface area contributed by atoms with Gasteiger partial charge in [-0.05, 0) is 30.7 Å². The zero-order valence-electron chi connectivity index (χ0n) is 9.64. The number of anilines is 2. The van der Waals surface area contributed by atoms with E-state index in [0.717, 1.165) is 10.0 Å². The Kier molecular flexibility index (Phi) is 3.57. The van der Waals surface area contributed by atoms with Crippen LogP contribution in [0.1, 0.15) is 16.1 Å². The molecule has 0 radical (unpaired) electrons. The Hall–Kier alpha value is -1.95. The zero-order valence-corrected chi connectivity index (χ0v) is 11.2. The minimum Gasteiger partial charge on any atom is -0.382 e. The summed E-state index contributed by atoms with van der Waals surface area (Å²) in [5.74, 6) is -0.119. The summed E-state index contributed by atoms with van der Waals surface area (Å²) in [5.41, 5.74) is 7.40. The van der Waals surface area contributed by atoms with Crippen molar-refractivity contribution in [1.82, 2.24) is 9.97 Å². The number of benzene rings is 1. The molecule has 2 rings (SSSR count). The van der Waals surface area contributed by atoms with E-state index in [9.17, 15) is 4.79 Å². The van der Waals surface area contributed by atoms with E-state index in [1.807, 2.05) is 19.1 Å². The second-order valence-electron chi connectivity index (χ2n) is 3.75. The van der Waals surface area contributed by atoms with Crippen molar-refractivity contribution < 1.29 is 4.79 Å². The quantitative estimate of drug-likeness (QED) is 0.892. The molecule has 0 saturated heterocycles. The molecule has 92 valence electrons. The van der Waals surface area contributed by atoms with Gasteiger partial charge < -0.3 is 11.1 Å². The molecule has 6 heteroatoms. The second-order valence-corrected chi connectivity index (χ2v) is 4.60. The standard InChI is InChI=1S/C12H11BrN4O/c1-7-4-8(2-3-9(7)13)16-12(18)10-5-15-6-11(14)17-10/h2-6H,1H3,(H2,14,17)(H,16,18). The molecule has 18 heavy (non-hydrogen) atoms. The lowest BCUT2D eigenvalue weighted by Crippen LogP contribution is -2.14. The predicted molar refractivity (Wildman–Crippen MR) is 73.3 cm³/mol. The summed E-state index contributed by atoms with van der Waals surface area (Å²) in [6, 6.07) is 5.53. The molecule has 1 heterocycles. The van der Waals surface area contributed by atoms with Crippen molar-refractivity contribution >= 4 is 33.3 Å². The van der Waals surface area contributed by atoms with Crippen LogP contribution in [0, 0.1) is 6.92 Å². The molecule has 1 amide bonds. The lowest BCUT2D eigenvalue weighted by Gasteiger charge is -2.06. The van der Waals surface area contributed by atoms with Crippen LogP contribution >= 0.6 is 15.9 Å². The molecular formula is C12H11BrN4O. The first-order valence-corrected chi connectivity index (χ1v) is 6.00. The number of carbonyl (C=O) groups is 1. The molecule has 1 aromatic carbocycles. The highest BCUT2D eigenvalue weighted by Gasteiger charge is 2.09. The molecule has 0 aliphatic heterocycles. The van der Waals surface area contributed by atoms with Gasteiger partial charge in [0, 0.05) is 10.2 Å². The molecule has 3 N–H and O–H groups in total. The van der Waals surface area contributed by atoms with Crippen molar-refractivity contribution in [3.05, 3.63) is 46.3 Å². The van der Waals surface area contributed by atoms with Gasteiger partial charge in [-0.1, -0.05) is 15.9 Å². The molecule has 1 aromatic heterocycles. The first-order valence-electron chi connectivity index (χ1n) is 5.21. The van der Waals surface area contributed by atoms with Crippen LogP contribution in [0.25, 0.3) is 0 Å². The fourth-order valence-corrected chi connectivity index (χ4v) is 1.65. The molecule has 5 nitrogen and oxygen atoms in total. The van der Waals surface area contributed by atoms with Gasteiger partial charge in [-0.15, -0.1) is 0 Å². The maximum Gasteiger partial charge on any atom is 0.275 e. The highest BCUT2D eigenvalue weighted by atomic mass is 79.9. The number of carbonyl (C=O) groups excluding carboxylic acids is 1. The molecule has 0 spiro atoms. The highest BCUT2D eigenvalue weighted by molar-refractivity contribution is 9.10. The van der Waals surface area contributed by atoms with E-state index in [1.165, 1.54) is 12.4 Å². The van der Waals surface area contributed by atoms with Crippen molar-refractivity contribution in [3.63, 3.8) is 0 Å². The number of rotatable bonds is 2. The maximum absolute atomic E-state index is 11.9. The summed E-state index contributed by atoms with van der Waals surface area (Å²) >= 11 is 3.40. The maximum atomic E-state index is 11.9. The molecule has 0 saturated carbocycles. The normalized spacial score (nSPS) is 10.1. The van der Waals surface area contributed by atoms with E-state index in [0.29, 0.717) is 5.69 Å². The van der Waals surface area contributed by atoms with Gasteiger partial charge in [0.1, 0.15) is 11.5 Å². The van der Waals surface area contributed by atoms with E-state index >= 15 is 0 Å². The van der Waals surface area contributed by atoms with Gasteiger partial charge in [0.05, 0.1) is 12.4 Å². The van der Waals surface area contributed by atoms with Crippen molar-refractivity contribution in [3.8, 4) is 0 Å². The third-order valence-corrected chi connectivity index (χ3v) is 3.19. The Labute approximate surface area is 113 Å². The molecule has 0 atom stereocenters. The van der Waals surface area contributed by atoms with Gasteiger partial charge >= 0.3 is 0 Å². The van der Waals surface area contributed by atoms with Gasteiger partial charge in [-0.2, -0.15) is 0 Å². The SMILES string of the molecule is Cc1cc(NC(=O)c2cncc(N)n2)ccc1Br. The van der Waals surface area contributed by atoms with E-state index in [2.05, 4.69) is 31.2 Å². The summed E-state index contributed by atoms with van der Waals surface area (Å²) in [5, 5.41) is 2.74. The van der Waals surface area contributed by atoms with Crippen molar-refractivity contribution in [2.75, 3.05) is 11.1 Å². The number of halogens is 1. The van der Waals surface area contributed by atoms with Crippen LogP contribution < -0.4 is 11.1 Å². The van der Waals surface area contributed by atoms with Crippen LogP contribution in [-0.4, -0.2) is 15.9 Å². The Morgan fingerprint density at radius 2 is 2.17 bits per heavy atom. The topological polar surface area (TPSA) is 80.9 Å². The number of nitrogen functional groups attached to an aromatic ring is 1. The van der Waals surface area contributed by atoms with Crippen LogP contribution in [0.2, 0.25) is 0 Å². The first-order chi connectivity index (χ1) is 8.56. The molecule has 0 unspecified atom stereocenters. The summed E-state index contributed by atoms with van der Waals surface area (Å²) < 4.78 is 0.990. The van der Waals surface area contributed by atoms with Gasteiger partial charge in [-0.3, -0.25) is 9.78 Å². The summed E-state index contributed by atoms with van der Waals surface area (Å²) in [6.45, 7) is 1.94. The van der Waals surface area contributed by atoms with Gasteiger partial charge in [0.2, 0.25) is 0 Å². The fourth-order valence-electron chi connectivity index (χ4n) is 1.41. The number of nitrogens with two attached hydrogens (primary N) is 1. The molecule has 0 bridgehead atoms. The number of nitrogens with one attached hydrogen (secondary N) is 1. The average Bonchev–Trinajstić information content (AvgIpc) is 2.34. The monoisotopic (exact) mass is 306 g/mol. The zero-order chi connectivity index (χ0) is 13.1. The fraction of sp³-hybridized carbons (Fsp3) is 0.0833. The number of hydrogen-bond acceptors (Lipinski definition) is 4. The van der Waals surface area contributed by atoms with Crippen molar-refractivity contribution in [2.24, 2.45) is 0 Å². The molecule has 0 fully saturated rings. The van der Waals surface area contributed by atoms with Crippen LogP contribution in [0.3, 0.4) is 0 Å². The molecule has 2 aromatic rings. The minimum atomic E-state index is -0.337. The number of hydrogen-bond donors (Lipinski definition) is 2. The second kappa shape index (κ2) is 5.14. The lowest BCUT2D eigenvalue weighted by atomic mass is 10.2. The number of nitrogens with zero attached hydrogens (tertiary/aromatic N) is 2. The van der Waals surface area contributed by atoms with Crippen LogP contribution in [-0.2, 0) is 0 Å². The highest BCUT2D eigenvalue weighted by Crippen LogP contribution is 2.20. The van der Waals surface area contributed by atoms with Crippen molar-refractivity contribution in [2.45, 2.75) is 6.92 Å². The van der Waals surface area contributed by atoms with E-state index in [1.54, 1.807) is 6.07 Å². The summed E-state index contributed by atoms with van der Waals surface area (Å²) in [6.07, 6.45) is 2.76. The van der Waals surface area contributed by atoms with E-state index < -0.39 is 0 Å². The Bertz CT molecular complexity index is 600. The Morgan fingerprint density at radius 3 is 2.83 bits per heavy atom. The average molecular weight is 307 g/mol. The van der Waals surface area contributed by atoms with E-state index in [-0.39, 0.29) is 17.4 Å². The van der Waals surface area contributed by atoms with E-state index in [4.69, 9.17) is 5.73 Å². The third-order valence-electron chi connectivity index (χ3n) is 2.30. The van der Waals surface area contributed by atoms with Crippen LogP contribution in [0.5, 0.6) is 0 Å². The van der Waals surface area contributed by atoms with Crippen LogP contribution in [0.15, 0.2) is 35.1 Å². The summed E-state index contributed by atoms with van der Waals surface area (Å²) in [4.78, 5) is 19.6. The summed E-state index contributed by atoms with van der Waals surface area (Å²) in [7, 11) is 0. The smallest absolute Gasteiger partial charge is 0.275 e. The predicted octanol–water partition coefficient (Wildman–Crippen LogP) is 2.38. The number of amides is 1. The first kappa shape index (κ1) is 12.5. The van der Waals surface area contributed by atoms with Crippen LogP contribution in [0.4, 0.5) is 11.5 Å².